The van der Waals surface area contributed by atoms with Gasteiger partial charge in [-0.15, -0.1) is 0 Å². The Hall–Kier alpha value is -0.0400. The van der Waals surface area contributed by atoms with Crippen molar-refractivity contribution in [1.82, 2.24) is 5.32 Å². The van der Waals surface area contributed by atoms with Crippen molar-refractivity contribution in [3.63, 3.8) is 0 Å². The van der Waals surface area contributed by atoms with Crippen molar-refractivity contribution < 1.29 is 0 Å². The van der Waals surface area contributed by atoms with Crippen LogP contribution in [0.25, 0.3) is 0 Å². The zero-order valence-electron chi connectivity index (χ0n) is 10.9. The molecule has 0 aromatic heterocycles. The van der Waals surface area contributed by atoms with Crippen molar-refractivity contribution in [3.05, 3.63) is 0 Å². The Bertz CT molecular complexity index is 250. The van der Waals surface area contributed by atoms with Gasteiger partial charge in [0.2, 0.25) is 0 Å². The maximum absolute atomic E-state index is 3.94. The molecular weight excluding hydrogens is 194 g/mol. The van der Waals surface area contributed by atoms with Gasteiger partial charge >= 0.3 is 0 Å². The summed E-state index contributed by atoms with van der Waals surface area (Å²) >= 11 is 0. The van der Waals surface area contributed by atoms with Crippen LogP contribution in [0.4, 0.5) is 0 Å². The lowest BCUT2D eigenvalue weighted by atomic mass is 9.83. The molecule has 1 nitrogen and oxygen atoms in total. The summed E-state index contributed by atoms with van der Waals surface area (Å²) < 4.78 is 0. The predicted octanol–water partition coefficient (Wildman–Crippen LogP) is 3.59. The lowest BCUT2D eigenvalue weighted by Gasteiger charge is -2.31. The zero-order chi connectivity index (χ0) is 11.1. The van der Waals surface area contributed by atoms with Crippen molar-refractivity contribution >= 4 is 0 Å². The van der Waals surface area contributed by atoms with E-state index in [0.717, 1.165) is 35.8 Å². The second-order valence-corrected chi connectivity index (χ2v) is 6.91. The van der Waals surface area contributed by atoms with Crippen molar-refractivity contribution in [2.24, 2.45) is 23.7 Å². The van der Waals surface area contributed by atoms with Gasteiger partial charge in [-0.1, -0.05) is 13.3 Å². The molecule has 1 N–H and O–H groups in total. The van der Waals surface area contributed by atoms with Crippen LogP contribution in [0.5, 0.6) is 0 Å². The average molecular weight is 221 g/mol. The van der Waals surface area contributed by atoms with Crippen LogP contribution in [0.15, 0.2) is 0 Å². The maximum atomic E-state index is 3.94. The Labute approximate surface area is 100 Å². The van der Waals surface area contributed by atoms with E-state index in [2.05, 4.69) is 19.2 Å². The van der Waals surface area contributed by atoms with E-state index < -0.39 is 0 Å². The Morgan fingerprint density at radius 1 is 1.00 bits per heavy atom. The maximum Gasteiger partial charge on any atom is 0.00723 e. The summed E-state index contributed by atoms with van der Waals surface area (Å²) in [4.78, 5) is 0. The van der Waals surface area contributed by atoms with Gasteiger partial charge in [0.25, 0.3) is 0 Å². The summed E-state index contributed by atoms with van der Waals surface area (Å²) in [5, 5.41) is 3.94. The van der Waals surface area contributed by atoms with Gasteiger partial charge in [0.05, 0.1) is 0 Å². The van der Waals surface area contributed by atoms with Crippen LogP contribution in [-0.4, -0.2) is 12.1 Å². The van der Waals surface area contributed by atoms with Gasteiger partial charge < -0.3 is 5.32 Å². The zero-order valence-corrected chi connectivity index (χ0v) is 10.9. The van der Waals surface area contributed by atoms with E-state index in [1.807, 2.05) is 0 Å². The number of hydrogen-bond donors (Lipinski definition) is 1. The average Bonchev–Trinajstić information content (AvgIpc) is 2.93. The monoisotopic (exact) mass is 221 g/mol. The molecule has 0 radical (unpaired) electrons. The summed E-state index contributed by atoms with van der Waals surface area (Å²) in [6, 6.07) is 1.62. The highest BCUT2D eigenvalue weighted by Gasteiger charge is 2.42. The first kappa shape index (κ1) is 11.1. The smallest absolute Gasteiger partial charge is 0.00723 e. The van der Waals surface area contributed by atoms with Crippen molar-refractivity contribution in [1.29, 1.82) is 0 Å². The van der Waals surface area contributed by atoms with E-state index in [1.54, 1.807) is 6.42 Å². The van der Waals surface area contributed by atoms with Gasteiger partial charge in [0.1, 0.15) is 0 Å². The molecule has 0 aliphatic heterocycles. The molecule has 3 rings (SSSR count). The Morgan fingerprint density at radius 2 is 1.88 bits per heavy atom. The highest BCUT2D eigenvalue weighted by molar-refractivity contribution is 4.95. The van der Waals surface area contributed by atoms with E-state index in [4.69, 9.17) is 0 Å². The third kappa shape index (κ3) is 2.03. The molecule has 3 aliphatic carbocycles. The molecule has 2 bridgehead atoms. The first-order chi connectivity index (χ1) is 7.72. The predicted molar refractivity (Wildman–Crippen MR) is 68.3 cm³/mol. The minimum absolute atomic E-state index is 0.783. The summed E-state index contributed by atoms with van der Waals surface area (Å²) in [5.41, 5.74) is 0. The molecule has 0 amide bonds. The molecule has 0 spiro atoms. The molecule has 3 aliphatic rings. The quantitative estimate of drug-likeness (QED) is 0.768. The van der Waals surface area contributed by atoms with E-state index in [1.165, 1.54) is 38.5 Å². The van der Waals surface area contributed by atoms with Crippen LogP contribution in [0.3, 0.4) is 0 Å². The molecule has 0 heterocycles. The fourth-order valence-corrected chi connectivity index (χ4v) is 4.76. The van der Waals surface area contributed by atoms with Crippen molar-refractivity contribution in [2.75, 3.05) is 0 Å². The molecule has 6 atom stereocenters. The summed E-state index contributed by atoms with van der Waals surface area (Å²) in [6.07, 6.45) is 10.4. The van der Waals surface area contributed by atoms with E-state index in [-0.39, 0.29) is 0 Å². The molecule has 0 aromatic carbocycles. The van der Waals surface area contributed by atoms with Gasteiger partial charge in [0.15, 0.2) is 0 Å². The van der Waals surface area contributed by atoms with Gasteiger partial charge in [0, 0.05) is 12.1 Å². The molecule has 3 saturated carbocycles. The summed E-state index contributed by atoms with van der Waals surface area (Å²) in [5.74, 6) is 4.15. The number of fused-ring (bicyclic) bond motifs is 2. The van der Waals surface area contributed by atoms with Crippen molar-refractivity contribution in [2.45, 2.75) is 70.9 Å². The molecule has 1 heteroatoms. The largest absolute Gasteiger partial charge is 0.311 e. The normalized spacial score (nSPS) is 48.8. The van der Waals surface area contributed by atoms with Gasteiger partial charge in [-0.05, 0) is 69.1 Å². The first-order valence-electron chi connectivity index (χ1n) is 7.48. The minimum Gasteiger partial charge on any atom is -0.311 e. The molecule has 16 heavy (non-hydrogen) atoms. The molecule has 0 saturated heterocycles. The number of hydrogen-bond acceptors (Lipinski definition) is 1. The van der Waals surface area contributed by atoms with Crippen LogP contribution in [-0.2, 0) is 0 Å². The number of nitrogens with one attached hydrogen (secondary N) is 1. The third-order valence-electron chi connectivity index (χ3n) is 5.63. The van der Waals surface area contributed by atoms with Crippen LogP contribution in [0.2, 0.25) is 0 Å². The van der Waals surface area contributed by atoms with Crippen LogP contribution in [0.1, 0.15) is 58.8 Å². The van der Waals surface area contributed by atoms with Crippen LogP contribution in [0, 0.1) is 23.7 Å². The Balaban J connectivity index is 1.51. The standard InChI is InChI=1S/C15H27N/c1-10-3-6-14(7-10)16-11(2)15-9-12-4-5-13(15)8-12/h10-16H,3-9H2,1-2H3. The Kier molecular flexibility index (Phi) is 2.99. The SMILES string of the molecule is CC1CCC(NC(C)C2CC3CCC2C3)C1. The molecule has 0 aromatic rings. The second kappa shape index (κ2) is 4.33. The lowest BCUT2D eigenvalue weighted by molar-refractivity contribution is 0.244. The van der Waals surface area contributed by atoms with Crippen molar-refractivity contribution in [3.8, 4) is 0 Å². The third-order valence-corrected chi connectivity index (χ3v) is 5.63. The van der Waals surface area contributed by atoms with Gasteiger partial charge in [-0.2, -0.15) is 0 Å². The highest BCUT2D eigenvalue weighted by atomic mass is 15.0. The van der Waals surface area contributed by atoms with E-state index >= 15 is 0 Å². The first-order valence-corrected chi connectivity index (χ1v) is 7.48. The van der Waals surface area contributed by atoms with Crippen LogP contribution < -0.4 is 5.32 Å². The lowest BCUT2D eigenvalue weighted by Crippen LogP contribution is -2.41. The molecule has 6 unspecified atom stereocenters. The topological polar surface area (TPSA) is 12.0 Å². The summed E-state index contributed by atoms with van der Waals surface area (Å²) in [7, 11) is 0. The van der Waals surface area contributed by atoms with E-state index in [9.17, 15) is 0 Å². The fraction of sp³-hybridized carbons (Fsp3) is 1.00. The van der Waals surface area contributed by atoms with E-state index in [0.29, 0.717) is 0 Å². The highest BCUT2D eigenvalue weighted by Crippen LogP contribution is 2.49. The molecule has 92 valence electrons. The van der Waals surface area contributed by atoms with Gasteiger partial charge in [-0.3, -0.25) is 0 Å². The minimum atomic E-state index is 0.783. The van der Waals surface area contributed by atoms with Gasteiger partial charge in [-0.25, -0.2) is 0 Å². The molecule has 3 fully saturated rings. The number of rotatable bonds is 3. The Morgan fingerprint density at radius 3 is 2.44 bits per heavy atom. The second-order valence-electron chi connectivity index (χ2n) is 6.91. The fourth-order valence-electron chi connectivity index (χ4n) is 4.76. The van der Waals surface area contributed by atoms with Crippen LogP contribution >= 0.6 is 0 Å². The molecular formula is C15H27N. The summed E-state index contributed by atoms with van der Waals surface area (Å²) in [6.45, 7) is 4.86.